The molecule has 0 radical (unpaired) electrons. The van der Waals surface area contributed by atoms with E-state index in [1.807, 2.05) is 0 Å². The molecular formula is C7H17NO4S. The maximum absolute atomic E-state index is 11.0. The molecule has 80 valence electrons. The molecule has 0 saturated heterocycles. The summed E-state index contributed by atoms with van der Waals surface area (Å²) in [5.74, 6) is 0.00452. The first-order chi connectivity index (χ1) is 6.12. The summed E-state index contributed by atoms with van der Waals surface area (Å²) in [5.41, 5.74) is 0. The van der Waals surface area contributed by atoms with Crippen LogP contribution in [0.3, 0.4) is 0 Å². The van der Waals surface area contributed by atoms with E-state index in [0.29, 0.717) is 19.8 Å². The van der Waals surface area contributed by atoms with Gasteiger partial charge in [0.15, 0.2) is 0 Å². The van der Waals surface area contributed by atoms with Crippen LogP contribution in [0.5, 0.6) is 0 Å². The Morgan fingerprint density at radius 2 is 1.92 bits per heavy atom. The van der Waals surface area contributed by atoms with Gasteiger partial charge in [0.2, 0.25) is 10.0 Å². The second-order valence-corrected chi connectivity index (χ2v) is 4.35. The van der Waals surface area contributed by atoms with E-state index in [-0.39, 0.29) is 12.4 Å². The predicted octanol–water partition coefficient (Wildman–Crippen LogP) is -0.411. The SMILES string of the molecule is CCNS(=O)(=O)CCOCCOC. The normalized spacial score (nSPS) is 11.8. The smallest absolute Gasteiger partial charge is 0.213 e. The lowest BCUT2D eigenvalue weighted by Gasteiger charge is -2.04. The van der Waals surface area contributed by atoms with Crippen LogP contribution in [0.4, 0.5) is 0 Å². The number of ether oxygens (including phenoxy) is 2. The zero-order valence-corrected chi connectivity index (χ0v) is 8.89. The van der Waals surface area contributed by atoms with Crippen LogP contribution in [-0.2, 0) is 19.5 Å². The Morgan fingerprint density at radius 3 is 2.46 bits per heavy atom. The van der Waals surface area contributed by atoms with E-state index in [9.17, 15) is 8.42 Å². The van der Waals surface area contributed by atoms with E-state index in [1.54, 1.807) is 14.0 Å². The van der Waals surface area contributed by atoms with Gasteiger partial charge in [0.1, 0.15) is 0 Å². The Hall–Kier alpha value is -0.170. The van der Waals surface area contributed by atoms with E-state index in [4.69, 9.17) is 9.47 Å². The van der Waals surface area contributed by atoms with Gasteiger partial charge in [0.05, 0.1) is 25.6 Å². The molecule has 0 atom stereocenters. The molecule has 13 heavy (non-hydrogen) atoms. The highest BCUT2D eigenvalue weighted by molar-refractivity contribution is 7.89. The van der Waals surface area contributed by atoms with E-state index in [1.165, 1.54) is 0 Å². The molecule has 1 N–H and O–H groups in total. The first kappa shape index (κ1) is 12.8. The Bertz CT molecular complexity index is 203. The van der Waals surface area contributed by atoms with Crippen molar-refractivity contribution in [1.82, 2.24) is 4.72 Å². The molecule has 6 heteroatoms. The Labute approximate surface area is 79.5 Å². The second-order valence-electron chi connectivity index (χ2n) is 2.42. The van der Waals surface area contributed by atoms with Gasteiger partial charge in [-0.15, -0.1) is 0 Å². The van der Waals surface area contributed by atoms with Crippen molar-refractivity contribution in [3.8, 4) is 0 Å². The van der Waals surface area contributed by atoms with Gasteiger partial charge in [-0.2, -0.15) is 0 Å². The number of sulfonamides is 1. The lowest BCUT2D eigenvalue weighted by atomic mass is 10.7. The zero-order chi connectivity index (χ0) is 10.2. The first-order valence-electron chi connectivity index (χ1n) is 4.16. The lowest BCUT2D eigenvalue weighted by molar-refractivity contribution is 0.0784. The molecule has 0 rings (SSSR count). The van der Waals surface area contributed by atoms with Crippen LogP contribution < -0.4 is 4.72 Å². The summed E-state index contributed by atoms with van der Waals surface area (Å²) in [6, 6.07) is 0. The number of nitrogens with one attached hydrogen (secondary N) is 1. The standard InChI is InChI=1S/C7H17NO4S/c1-3-8-13(9,10)7-6-12-5-4-11-2/h8H,3-7H2,1-2H3. The minimum Gasteiger partial charge on any atom is -0.382 e. The summed E-state index contributed by atoms with van der Waals surface area (Å²) < 4.78 is 34.2. The highest BCUT2D eigenvalue weighted by Gasteiger charge is 2.06. The Balaban J connectivity index is 3.41. The van der Waals surface area contributed by atoms with Gasteiger partial charge in [-0.1, -0.05) is 6.92 Å². The van der Waals surface area contributed by atoms with Gasteiger partial charge in [0, 0.05) is 13.7 Å². The minimum atomic E-state index is -3.13. The molecule has 0 aliphatic rings. The van der Waals surface area contributed by atoms with Crippen molar-refractivity contribution in [2.24, 2.45) is 0 Å². The van der Waals surface area contributed by atoms with Crippen LogP contribution in [0.2, 0.25) is 0 Å². The lowest BCUT2D eigenvalue weighted by Crippen LogP contribution is -2.28. The Kier molecular flexibility index (Phi) is 7.16. The van der Waals surface area contributed by atoms with Crippen molar-refractivity contribution in [3.05, 3.63) is 0 Å². The monoisotopic (exact) mass is 211 g/mol. The zero-order valence-electron chi connectivity index (χ0n) is 8.08. The van der Waals surface area contributed by atoms with Crippen molar-refractivity contribution >= 4 is 10.0 Å². The average molecular weight is 211 g/mol. The molecule has 0 amide bonds. The maximum atomic E-state index is 11.0. The van der Waals surface area contributed by atoms with Crippen LogP contribution in [-0.4, -0.2) is 47.6 Å². The summed E-state index contributed by atoms with van der Waals surface area (Å²) in [6.07, 6.45) is 0. The van der Waals surface area contributed by atoms with Crippen molar-refractivity contribution in [2.75, 3.05) is 39.2 Å². The largest absolute Gasteiger partial charge is 0.382 e. The molecular weight excluding hydrogens is 194 g/mol. The topological polar surface area (TPSA) is 64.6 Å². The van der Waals surface area contributed by atoms with Gasteiger partial charge in [-0.3, -0.25) is 0 Å². The third-order valence-corrected chi connectivity index (χ3v) is 2.73. The van der Waals surface area contributed by atoms with Gasteiger partial charge in [0.25, 0.3) is 0 Å². The van der Waals surface area contributed by atoms with Gasteiger partial charge >= 0.3 is 0 Å². The molecule has 0 spiro atoms. The second kappa shape index (κ2) is 7.25. The fourth-order valence-electron chi connectivity index (χ4n) is 0.705. The minimum absolute atomic E-state index is 0.00452. The highest BCUT2D eigenvalue weighted by atomic mass is 32.2. The Morgan fingerprint density at radius 1 is 1.23 bits per heavy atom. The van der Waals surface area contributed by atoms with Gasteiger partial charge < -0.3 is 9.47 Å². The van der Waals surface area contributed by atoms with Crippen molar-refractivity contribution in [1.29, 1.82) is 0 Å². The molecule has 0 saturated carbocycles. The fourth-order valence-corrected chi connectivity index (χ4v) is 1.63. The predicted molar refractivity (Wildman–Crippen MR) is 50.2 cm³/mol. The summed E-state index contributed by atoms with van der Waals surface area (Å²) in [7, 11) is -1.57. The van der Waals surface area contributed by atoms with Crippen LogP contribution in [0, 0.1) is 0 Å². The van der Waals surface area contributed by atoms with E-state index < -0.39 is 10.0 Å². The summed E-state index contributed by atoms with van der Waals surface area (Å²) >= 11 is 0. The van der Waals surface area contributed by atoms with Gasteiger partial charge in [-0.05, 0) is 0 Å². The average Bonchev–Trinajstić information content (AvgIpc) is 2.04. The molecule has 5 nitrogen and oxygen atoms in total. The third-order valence-electron chi connectivity index (χ3n) is 1.29. The maximum Gasteiger partial charge on any atom is 0.213 e. The van der Waals surface area contributed by atoms with E-state index in [2.05, 4.69) is 4.72 Å². The molecule has 0 aliphatic heterocycles. The van der Waals surface area contributed by atoms with E-state index >= 15 is 0 Å². The van der Waals surface area contributed by atoms with Crippen LogP contribution in [0.25, 0.3) is 0 Å². The molecule has 0 fully saturated rings. The summed E-state index contributed by atoms with van der Waals surface area (Å²) in [6.45, 7) is 3.28. The quantitative estimate of drug-likeness (QED) is 0.554. The number of hydrogen-bond donors (Lipinski definition) is 1. The fraction of sp³-hybridized carbons (Fsp3) is 1.00. The van der Waals surface area contributed by atoms with Crippen molar-refractivity contribution < 1.29 is 17.9 Å². The van der Waals surface area contributed by atoms with Crippen molar-refractivity contribution in [3.63, 3.8) is 0 Å². The molecule has 0 aromatic heterocycles. The molecule has 0 aromatic rings. The number of hydrogen-bond acceptors (Lipinski definition) is 4. The molecule has 0 aromatic carbocycles. The van der Waals surface area contributed by atoms with Crippen molar-refractivity contribution in [2.45, 2.75) is 6.92 Å². The van der Waals surface area contributed by atoms with Crippen LogP contribution >= 0.6 is 0 Å². The third kappa shape index (κ3) is 8.17. The van der Waals surface area contributed by atoms with Crippen LogP contribution in [0.1, 0.15) is 6.92 Å². The molecule has 0 aliphatic carbocycles. The molecule has 0 bridgehead atoms. The van der Waals surface area contributed by atoms with E-state index in [0.717, 1.165) is 0 Å². The number of rotatable bonds is 8. The number of methoxy groups -OCH3 is 1. The van der Waals surface area contributed by atoms with Crippen LogP contribution in [0.15, 0.2) is 0 Å². The summed E-state index contributed by atoms with van der Waals surface area (Å²) in [4.78, 5) is 0. The van der Waals surface area contributed by atoms with Gasteiger partial charge in [-0.25, -0.2) is 13.1 Å². The molecule has 0 heterocycles. The summed E-state index contributed by atoms with van der Waals surface area (Å²) in [5, 5.41) is 0. The molecule has 0 unspecified atom stereocenters. The highest BCUT2D eigenvalue weighted by Crippen LogP contribution is 1.85. The first-order valence-corrected chi connectivity index (χ1v) is 5.81.